The molecule has 3 aromatic heterocycles. The molecular weight excluding hydrogens is 336 g/mol. The molecule has 0 saturated carbocycles. The number of hydrogen-bond acceptors (Lipinski definition) is 7. The van der Waals surface area contributed by atoms with Gasteiger partial charge in [-0.15, -0.1) is 5.10 Å². The van der Waals surface area contributed by atoms with Crippen LogP contribution in [0.25, 0.3) is 11.4 Å². The molecule has 0 radical (unpaired) electrons. The number of aromatic amines is 1. The van der Waals surface area contributed by atoms with Crippen LogP contribution in [-0.2, 0) is 17.8 Å². The molecule has 10 nitrogen and oxygen atoms in total. The molecule has 0 saturated heterocycles. The van der Waals surface area contributed by atoms with Gasteiger partial charge in [-0.3, -0.25) is 4.79 Å². The van der Waals surface area contributed by atoms with E-state index in [0.29, 0.717) is 25.4 Å². The standard InChI is InChI=1S/C16H18N8O2/c1-10(24-9-18-21-22-24)16(25)23-6-5-12-13(8-23)20-15(19-12)11-3-4-14(26-2)17-7-11/h3-4,7,9-10H,5-6,8H2,1-2H3,(H,19,20)/t10-/m0/s1. The Bertz CT molecular complexity index is 903. The van der Waals surface area contributed by atoms with Gasteiger partial charge in [0.15, 0.2) is 0 Å². The number of pyridine rings is 1. The van der Waals surface area contributed by atoms with Gasteiger partial charge in [-0.1, -0.05) is 0 Å². The molecule has 1 atom stereocenters. The smallest absolute Gasteiger partial charge is 0.247 e. The van der Waals surface area contributed by atoms with E-state index in [9.17, 15) is 4.79 Å². The average molecular weight is 354 g/mol. The fourth-order valence-corrected chi connectivity index (χ4v) is 2.98. The zero-order valence-electron chi connectivity index (χ0n) is 14.5. The predicted molar refractivity (Wildman–Crippen MR) is 90.0 cm³/mol. The second-order valence-electron chi connectivity index (χ2n) is 6.08. The molecule has 4 rings (SSSR count). The van der Waals surface area contributed by atoms with Gasteiger partial charge < -0.3 is 14.6 Å². The number of carbonyl (C=O) groups is 1. The number of methoxy groups -OCH3 is 1. The van der Waals surface area contributed by atoms with Gasteiger partial charge in [-0.25, -0.2) is 14.6 Å². The Labute approximate surface area is 149 Å². The predicted octanol–water partition coefficient (Wildman–Crippen LogP) is 0.613. The molecule has 1 aliphatic heterocycles. The molecule has 134 valence electrons. The summed E-state index contributed by atoms with van der Waals surface area (Å²) >= 11 is 0. The molecule has 0 bridgehead atoms. The number of H-pyrrole nitrogens is 1. The lowest BCUT2D eigenvalue weighted by molar-refractivity contribution is -0.135. The van der Waals surface area contributed by atoms with Crippen LogP contribution in [0, 0.1) is 0 Å². The minimum atomic E-state index is -0.445. The lowest BCUT2D eigenvalue weighted by Gasteiger charge is -2.28. The first kappa shape index (κ1) is 16.2. The van der Waals surface area contributed by atoms with Crippen molar-refractivity contribution in [2.24, 2.45) is 0 Å². The van der Waals surface area contributed by atoms with E-state index in [0.717, 1.165) is 22.8 Å². The van der Waals surface area contributed by atoms with Crippen molar-refractivity contribution in [1.82, 2.24) is 40.1 Å². The molecule has 0 fully saturated rings. The molecular formula is C16H18N8O2. The van der Waals surface area contributed by atoms with E-state index in [2.05, 4.69) is 30.5 Å². The summed E-state index contributed by atoms with van der Waals surface area (Å²) in [6, 6.07) is 3.25. The minimum absolute atomic E-state index is 0.0229. The summed E-state index contributed by atoms with van der Waals surface area (Å²) in [5, 5.41) is 11.0. The Morgan fingerprint density at radius 3 is 2.96 bits per heavy atom. The zero-order valence-corrected chi connectivity index (χ0v) is 14.5. The normalized spacial score (nSPS) is 14.8. The maximum atomic E-state index is 12.7. The second kappa shape index (κ2) is 6.54. The van der Waals surface area contributed by atoms with E-state index in [4.69, 9.17) is 4.74 Å². The first-order valence-electron chi connectivity index (χ1n) is 8.25. The Morgan fingerprint density at radius 1 is 1.38 bits per heavy atom. The maximum absolute atomic E-state index is 12.7. The lowest BCUT2D eigenvalue weighted by atomic mass is 10.1. The fourth-order valence-electron chi connectivity index (χ4n) is 2.98. The SMILES string of the molecule is COc1ccc(-c2nc3c([nH]2)CN(C(=O)[C@H](C)n2cnnn2)CC3)cn1. The quantitative estimate of drug-likeness (QED) is 0.730. The molecule has 3 aromatic rings. The van der Waals surface area contributed by atoms with E-state index < -0.39 is 6.04 Å². The van der Waals surface area contributed by atoms with Crippen molar-refractivity contribution >= 4 is 5.91 Å². The number of tetrazole rings is 1. The van der Waals surface area contributed by atoms with E-state index in [1.807, 2.05) is 6.07 Å². The number of imidazole rings is 1. The molecule has 0 aliphatic carbocycles. The van der Waals surface area contributed by atoms with Gasteiger partial charge in [-0.05, 0) is 23.4 Å². The molecule has 1 amide bonds. The number of fused-ring (bicyclic) bond motifs is 1. The van der Waals surface area contributed by atoms with Crippen molar-refractivity contribution in [2.45, 2.75) is 25.9 Å². The topological polar surface area (TPSA) is 115 Å². The van der Waals surface area contributed by atoms with E-state index in [-0.39, 0.29) is 5.91 Å². The van der Waals surface area contributed by atoms with Gasteiger partial charge in [0, 0.05) is 30.8 Å². The molecule has 0 aromatic carbocycles. The van der Waals surface area contributed by atoms with E-state index >= 15 is 0 Å². The van der Waals surface area contributed by atoms with Crippen molar-refractivity contribution in [1.29, 1.82) is 0 Å². The Hall–Kier alpha value is -3.30. The third-order valence-electron chi connectivity index (χ3n) is 4.48. The number of rotatable bonds is 4. The maximum Gasteiger partial charge on any atom is 0.247 e. The number of aromatic nitrogens is 7. The highest BCUT2D eigenvalue weighted by Crippen LogP contribution is 2.24. The van der Waals surface area contributed by atoms with Gasteiger partial charge in [-0.2, -0.15) is 0 Å². The Morgan fingerprint density at radius 2 is 2.27 bits per heavy atom. The monoisotopic (exact) mass is 354 g/mol. The summed E-state index contributed by atoms with van der Waals surface area (Å²) in [5.74, 6) is 1.27. The molecule has 0 spiro atoms. The number of hydrogen-bond donors (Lipinski definition) is 1. The van der Waals surface area contributed by atoms with Gasteiger partial charge >= 0.3 is 0 Å². The van der Waals surface area contributed by atoms with Gasteiger partial charge in [0.05, 0.1) is 25.0 Å². The van der Waals surface area contributed by atoms with Crippen molar-refractivity contribution in [3.63, 3.8) is 0 Å². The van der Waals surface area contributed by atoms with Crippen LogP contribution in [0.2, 0.25) is 0 Å². The zero-order chi connectivity index (χ0) is 18.1. The number of carbonyl (C=O) groups excluding carboxylic acids is 1. The largest absolute Gasteiger partial charge is 0.481 e. The van der Waals surface area contributed by atoms with Crippen LogP contribution in [0.4, 0.5) is 0 Å². The molecule has 0 unspecified atom stereocenters. The number of nitrogens with zero attached hydrogens (tertiary/aromatic N) is 7. The van der Waals surface area contributed by atoms with E-state index in [1.54, 1.807) is 31.2 Å². The molecule has 1 aliphatic rings. The van der Waals surface area contributed by atoms with Crippen LogP contribution >= 0.6 is 0 Å². The van der Waals surface area contributed by atoms with Gasteiger partial charge in [0.2, 0.25) is 11.8 Å². The summed E-state index contributed by atoms with van der Waals surface area (Å²) in [6.45, 7) is 2.89. The van der Waals surface area contributed by atoms with Crippen LogP contribution in [0.15, 0.2) is 24.7 Å². The first-order valence-corrected chi connectivity index (χ1v) is 8.25. The summed E-state index contributed by atoms with van der Waals surface area (Å²) in [7, 11) is 1.58. The summed E-state index contributed by atoms with van der Waals surface area (Å²) in [5.41, 5.74) is 2.80. The van der Waals surface area contributed by atoms with Crippen LogP contribution in [-0.4, -0.2) is 59.6 Å². The molecule has 26 heavy (non-hydrogen) atoms. The van der Waals surface area contributed by atoms with Crippen LogP contribution < -0.4 is 4.74 Å². The molecule has 1 N–H and O–H groups in total. The van der Waals surface area contributed by atoms with Crippen molar-refractivity contribution in [3.8, 4) is 17.3 Å². The summed E-state index contributed by atoms with van der Waals surface area (Å²) in [6.07, 6.45) is 3.86. The summed E-state index contributed by atoms with van der Waals surface area (Å²) in [4.78, 5) is 26.7. The first-order chi connectivity index (χ1) is 12.7. The Kier molecular flexibility index (Phi) is 4.07. The highest BCUT2D eigenvalue weighted by molar-refractivity contribution is 5.80. The molecule has 4 heterocycles. The van der Waals surface area contributed by atoms with Gasteiger partial charge in [0.1, 0.15) is 18.2 Å². The van der Waals surface area contributed by atoms with Crippen molar-refractivity contribution < 1.29 is 9.53 Å². The van der Waals surface area contributed by atoms with E-state index in [1.165, 1.54) is 11.0 Å². The fraction of sp³-hybridized carbons (Fsp3) is 0.375. The summed E-state index contributed by atoms with van der Waals surface area (Å²) < 4.78 is 6.54. The van der Waals surface area contributed by atoms with Gasteiger partial charge in [0.25, 0.3) is 0 Å². The third-order valence-corrected chi connectivity index (χ3v) is 4.48. The molecule has 10 heteroatoms. The highest BCUT2D eigenvalue weighted by Gasteiger charge is 2.28. The number of nitrogens with one attached hydrogen (secondary N) is 1. The van der Waals surface area contributed by atoms with Crippen LogP contribution in [0.3, 0.4) is 0 Å². The third kappa shape index (κ3) is 2.89. The minimum Gasteiger partial charge on any atom is -0.481 e. The van der Waals surface area contributed by atoms with Crippen LogP contribution in [0.1, 0.15) is 24.4 Å². The van der Waals surface area contributed by atoms with Crippen molar-refractivity contribution in [3.05, 3.63) is 36.0 Å². The number of amides is 1. The van der Waals surface area contributed by atoms with Crippen LogP contribution in [0.5, 0.6) is 5.88 Å². The number of ether oxygens (including phenoxy) is 1. The average Bonchev–Trinajstić information content (AvgIpc) is 3.36. The lowest BCUT2D eigenvalue weighted by Crippen LogP contribution is -2.40. The van der Waals surface area contributed by atoms with Crippen molar-refractivity contribution in [2.75, 3.05) is 13.7 Å². The second-order valence-corrected chi connectivity index (χ2v) is 6.08. The Balaban J connectivity index is 1.52. The highest BCUT2D eigenvalue weighted by atomic mass is 16.5.